The van der Waals surface area contributed by atoms with Gasteiger partial charge in [-0.2, -0.15) is 5.26 Å². The molecule has 1 atom stereocenters. The van der Waals surface area contributed by atoms with Crippen LogP contribution in [0.3, 0.4) is 0 Å². The van der Waals surface area contributed by atoms with Crippen LogP contribution in [0.1, 0.15) is 28.3 Å². The van der Waals surface area contributed by atoms with Gasteiger partial charge in [0, 0.05) is 12.0 Å². The summed E-state index contributed by atoms with van der Waals surface area (Å²) in [5.41, 5.74) is 1.15. The fourth-order valence-corrected chi connectivity index (χ4v) is 2.62. The van der Waals surface area contributed by atoms with Gasteiger partial charge in [-0.25, -0.2) is 0 Å². The SMILES string of the molecule is COc1ccc(C(=O)CC(C#N)c2cc(OC)c(OC)c(OC)c2)cc1. The molecule has 2 aromatic carbocycles. The molecule has 26 heavy (non-hydrogen) atoms. The van der Waals surface area contributed by atoms with Crippen molar-refractivity contribution >= 4 is 5.78 Å². The van der Waals surface area contributed by atoms with Crippen LogP contribution in [0, 0.1) is 11.3 Å². The molecule has 0 aromatic heterocycles. The second-order valence-electron chi connectivity index (χ2n) is 5.50. The van der Waals surface area contributed by atoms with Crippen LogP contribution >= 0.6 is 0 Å². The topological polar surface area (TPSA) is 77.8 Å². The van der Waals surface area contributed by atoms with Gasteiger partial charge < -0.3 is 18.9 Å². The molecule has 0 heterocycles. The van der Waals surface area contributed by atoms with E-state index in [4.69, 9.17) is 18.9 Å². The van der Waals surface area contributed by atoms with Crippen LogP contribution in [0.5, 0.6) is 23.0 Å². The summed E-state index contributed by atoms with van der Waals surface area (Å²) in [5, 5.41) is 9.58. The highest BCUT2D eigenvalue weighted by Gasteiger charge is 2.21. The number of ether oxygens (including phenoxy) is 4. The second-order valence-corrected chi connectivity index (χ2v) is 5.50. The predicted octanol–water partition coefficient (Wildman–Crippen LogP) is 3.60. The van der Waals surface area contributed by atoms with Crippen molar-refractivity contribution in [3.8, 4) is 29.1 Å². The van der Waals surface area contributed by atoms with E-state index in [0.29, 0.717) is 34.1 Å². The molecule has 6 nitrogen and oxygen atoms in total. The minimum absolute atomic E-state index is 0.0431. The van der Waals surface area contributed by atoms with Gasteiger partial charge in [0.15, 0.2) is 17.3 Å². The average molecular weight is 355 g/mol. The Morgan fingerprint density at radius 1 is 0.962 bits per heavy atom. The molecule has 136 valence electrons. The van der Waals surface area contributed by atoms with E-state index in [-0.39, 0.29) is 12.2 Å². The van der Waals surface area contributed by atoms with E-state index in [1.165, 1.54) is 21.3 Å². The Hall–Kier alpha value is -3.20. The smallest absolute Gasteiger partial charge is 0.203 e. The Morgan fingerprint density at radius 3 is 1.96 bits per heavy atom. The van der Waals surface area contributed by atoms with E-state index in [0.717, 1.165) is 0 Å². The van der Waals surface area contributed by atoms with Crippen molar-refractivity contribution in [2.24, 2.45) is 0 Å². The van der Waals surface area contributed by atoms with Gasteiger partial charge in [-0.3, -0.25) is 4.79 Å². The summed E-state index contributed by atoms with van der Waals surface area (Å²) < 4.78 is 21.0. The van der Waals surface area contributed by atoms with Gasteiger partial charge >= 0.3 is 0 Å². The molecule has 0 N–H and O–H groups in total. The molecular weight excluding hydrogens is 334 g/mol. The van der Waals surface area contributed by atoms with Gasteiger partial charge in [0.2, 0.25) is 5.75 Å². The van der Waals surface area contributed by atoms with Gasteiger partial charge in [-0.05, 0) is 42.0 Å². The van der Waals surface area contributed by atoms with Gasteiger partial charge in [-0.1, -0.05) is 0 Å². The zero-order valence-corrected chi connectivity index (χ0v) is 15.2. The number of hydrogen-bond donors (Lipinski definition) is 0. The van der Waals surface area contributed by atoms with Gasteiger partial charge in [0.05, 0.1) is 40.4 Å². The Labute approximate surface area is 152 Å². The standard InChI is InChI=1S/C20H21NO5/c1-23-16-7-5-13(6-8-16)17(22)9-15(12-21)14-10-18(24-2)20(26-4)19(11-14)25-3/h5-8,10-11,15H,9H2,1-4H3. The number of benzene rings is 2. The molecule has 0 spiro atoms. The van der Waals surface area contributed by atoms with Crippen LogP contribution < -0.4 is 18.9 Å². The largest absolute Gasteiger partial charge is 0.497 e. The van der Waals surface area contributed by atoms with Crippen LogP contribution in [0.25, 0.3) is 0 Å². The van der Waals surface area contributed by atoms with Crippen LogP contribution in [-0.4, -0.2) is 34.2 Å². The number of carbonyl (C=O) groups excluding carboxylic acids is 1. The van der Waals surface area contributed by atoms with Crippen LogP contribution in [0.15, 0.2) is 36.4 Å². The molecule has 6 heteroatoms. The Bertz CT molecular complexity index is 783. The highest BCUT2D eigenvalue weighted by atomic mass is 16.5. The molecule has 0 bridgehead atoms. The summed E-state index contributed by atoms with van der Waals surface area (Å²) in [6, 6.07) is 12.4. The molecule has 0 radical (unpaired) electrons. The fraction of sp³-hybridized carbons (Fsp3) is 0.300. The summed E-state index contributed by atoms with van der Waals surface area (Å²) in [6.45, 7) is 0. The van der Waals surface area contributed by atoms with E-state index in [2.05, 4.69) is 6.07 Å². The summed E-state index contributed by atoms with van der Waals surface area (Å²) in [6.07, 6.45) is 0.0431. The summed E-state index contributed by atoms with van der Waals surface area (Å²) in [4.78, 5) is 12.5. The molecule has 0 saturated heterocycles. The molecule has 2 aromatic rings. The average Bonchev–Trinajstić information content (AvgIpc) is 2.70. The van der Waals surface area contributed by atoms with E-state index >= 15 is 0 Å². The van der Waals surface area contributed by atoms with Crippen LogP contribution in [-0.2, 0) is 0 Å². The maximum Gasteiger partial charge on any atom is 0.203 e. The van der Waals surface area contributed by atoms with Crippen LogP contribution in [0.4, 0.5) is 0 Å². The van der Waals surface area contributed by atoms with E-state index in [1.807, 2.05) is 0 Å². The van der Waals surface area contributed by atoms with E-state index in [9.17, 15) is 10.1 Å². The molecular formula is C20H21NO5. The van der Waals surface area contributed by atoms with Crippen molar-refractivity contribution in [3.05, 3.63) is 47.5 Å². The zero-order valence-electron chi connectivity index (χ0n) is 15.2. The molecule has 0 saturated carbocycles. The van der Waals surface area contributed by atoms with Crippen molar-refractivity contribution in [3.63, 3.8) is 0 Å². The number of Topliss-reactive ketones (excluding diaryl/α,β-unsaturated/α-hetero) is 1. The lowest BCUT2D eigenvalue weighted by Gasteiger charge is -2.16. The molecule has 0 amide bonds. The number of carbonyl (C=O) groups is 1. The van der Waals surface area contributed by atoms with Gasteiger partial charge in [-0.15, -0.1) is 0 Å². The second kappa shape index (κ2) is 8.77. The van der Waals surface area contributed by atoms with E-state index < -0.39 is 5.92 Å². The highest BCUT2D eigenvalue weighted by Crippen LogP contribution is 2.40. The minimum Gasteiger partial charge on any atom is -0.497 e. The Kier molecular flexibility index (Phi) is 6.45. The minimum atomic E-state index is -0.640. The van der Waals surface area contributed by atoms with Crippen molar-refractivity contribution < 1.29 is 23.7 Å². The number of ketones is 1. The third-order valence-electron chi connectivity index (χ3n) is 4.05. The highest BCUT2D eigenvalue weighted by molar-refractivity contribution is 5.96. The molecule has 2 rings (SSSR count). The lowest BCUT2D eigenvalue weighted by Crippen LogP contribution is -2.07. The quantitative estimate of drug-likeness (QED) is 0.673. The predicted molar refractivity (Wildman–Crippen MR) is 96.4 cm³/mol. The zero-order chi connectivity index (χ0) is 19.1. The third-order valence-corrected chi connectivity index (χ3v) is 4.05. The van der Waals surface area contributed by atoms with Crippen molar-refractivity contribution in [2.75, 3.05) is 28.4 Å². The first-order valence-electron chi connectivity index (χ1n) is 7.94. The fourth-order valence-electron chi connectivity index (χ4n) is 2.62. The van der Waals surface area contributed by atoms with E-state index in [1.54, 1.807) is 43.5 Å². The third kappa shape index (κ3) is 4.06. The monoisotopic (exact) mass is 355 g/mol. The first kappa shape index (κ1) is 19.1. The molecule has 0 aliphatic rings. The molecule has 0 aliphatic heterocycles. The van der Waals surface area contributed by atoms with Crippen LogP contribution in [0.2, 0.25) is 0 Å². The Balaban J connectivity index is 2.30. The first-order valence-corrected chi connectivity index (χ1v) is 7.94. The summed E-state index contributed by atoms with van der Waals surface area (Å²) >= 11 is 0. The van der Waals surface area contributed by atoms with Gasteiger partial charge in [0.25, 0.3) is 0 Å². The lowest BCUT2D eigenvalue weighted by molar-refractivity contribution is 0.0979. The van der Waals surface area contributed by atoms with Crippen molar-refractivity contribution in [2.45, 2.75) is 12.3 Å². The lowest BCUT2D eigenvalue weighted by atomic mass is 9.92. The normalized spacial score (nSPS) is 11.2. The summed E-state index contributed by atoms with van der Waals surface area (Å²) in [7, 11) is 6.08. The molecule has 1 unspecified atom stereocenters. The van der Waals surface area contributed by atoms with Gasteiger partial charge in [0.1, 0.15) is 5.75 Å². The number of nitrogens with zero attached hydrogens (tertiary/aromatic N) is 1. The Morgan fingerprint density at radius 2 is 1.54 bits per heavy atom. The van der Waals surface area contributed by atoms with Crippen molar-refractivity contribution in [1.29, 1.82) is 5.26 Å². The molecule has 0 fully saturated rings. The summed E-state index contributed by atoms with van der Waals surface area (Å²) in [5.74, 6) is 1.23. The molecule has 0 aliphatic carbocycles. The number of methoxy groups -OCH3 is 4. The number of nitriles is 1. The number of hydrogen-bond acceptors (Lipinski definition) is 6. The van der Waals surface area contributed by atoms with Crippen molar-refractivity contribution in [1.82, 2.24) is 0 Å². The number of rotatable bonds is 8. The first-order chi connectivity index (χ1) is 12.6. The maximum atomic E-state index is 12.5. The maximum absolute atomic E-state index is 12.5.